The van der Waals surface area contributed by atoms with Gasteiger partial charge < -0.3 is 0 Å². The Bertz CT molecular complexity index is 514. The largest absolute Gasteiger partial charge is 0.243 e. The van der Waals surface area contributed by atoms with Crippen LogP contribution >= 0.6 is 11.6 Å². The second-order valence-electron chi connectivity index (χ2n) is 4.14. The van der Waals surface area contributed by atoms with E-state index in [4.69, 9.17) is 11.6 Å². The molecule has 2 aromatic heterocycles. The number of fused-ring (bicyclic) bond motifs is 1. The first-order chi connectivity index (χ1) is 7.00. The molecular formula is C11H14ClN3. The van der Waals surface area contributed by atoms with E-state index in [9.17, 15) is 0 Å². The lowest BCUT2D eigenvalue weighted by Crippen LogP contribution is -2.01. The molecule has 0 amide bonds. The first-order valence-corrected chi connectivity index (χ1v) is 5.40. The number of aryl methyl sites for hydroxylation is 1. The molecule has 2 rings (SSSR count). The summed E-state index contributed by atoms with van der Waals surface area (Å²) >= 11 is 5.80. The summed E-state index contributed by atoms with van der Waals surface area (Å²) < 4.78 is 1.76. The van der Waals surface area contributed by atoms with E-state index in [1.807, 2.05) is 6.20 Å². The van der Waals surface area contributed by atoms with Gasteiger partial charge in [-0.2, -0.15) is 4.98 Å². The van der Waals surface area contributed by atoms with Crippen molar-refractivity contribution in [2.75, 3.05) is 0 Å². The molecule has 0 saturated carbocycles. The van der Waals surface area contributed by atoms with Gasteiger partial charge >= 0.3 is 0 Å². The minimum absolute atomic E-state index is 0.304. The van der Waals surface area contributed by atoms with Crippen molar-refractivity contribution >= 4 is 17.2 Å². The quantitative estimate of drug-likeness (QED) is 0.744. The van der Waals surface area contributed by atoms with Crippen LogP contribution < -0.4 is 0 Å². The Morgan fingerprint density at radius 1 is 1.27 bits per heavy atom. The van der Waals surface area contributed by atoms with E-state index in [1.54, 1.807) is 4.52 Å². The van der Waals surface area contributed by atoms with Gasteiger partial charge in [-0.05, 0) is 48.1 Å². The van der Waals surface area contributed by atoms with Crippen molar-refractivity contribution in [3.63, 3.8) is 0 Å². The highest BCUT2D eigenvalue weighted by Gasteiger charge is 2.12. The Morgan fingerprint density at radius 2 is 1.93 bits per heavy atom. The van der Waals surface area contributed by atoms with Crippen molar-refractivity contribution in [3.05, 3.63) is 28.2 Å². The summed E-state index contributed by atoms with van der Waals surface area (Å²) in [5.74, 6) is 0.482. The standard InChI is InChI=1S/C11H14ClN3/c1-6(2)9-5-15-10(8(4)7(9)3)13-11(12)14-15/h5-6H,1-4H3. The van der Waals surface area contributed by atoms with Crippen LogP contribution in [0.15, 0.2) is 6.20 Å². The van der Waals surface area contributed by atoms with Gasteiger partial charge in [0.05, 0.1) is 0 Å². The molecule has 0 saturated heterocycles. The number of hydrogen-bond acceptors (Lipinski definition) is 2. The average Bonchev–Trinajstić information content (AvgIpc) is 2.52. The number of nitrogens with zero attached hydrogens (tertiary/aromatic N) is 3. The van der Waals surface area contributed by atoms with E-state index in [0.29, 0.717) is 11.2 Å². The third-order valence-electron chi connectivity index (χ3n) is 2.82. The van der Waals surface area contributed by atoms with E-state index in [0.717, 1.165) is 11.2 Å². The van der Waals surface area contributed by atoms with Gasteiger partial charge in [-0.1, -0.05) is 13.8 Å². The molecule has 0 spiro atoms. The Labute approximate surface area is 94.1 Å². The summed E-state index contributed by atoms with van der Waals surface area (Å²) in [5.41, 5.74) is 4.57. The number of rotatable bonds is 1. The molecule has 0 aliphatic heterocycles. The fraction of sp³-hybridized carbons (Fsp3) is 0.455. The van der Waals surface area contributed by atoms with Gasteiger partial charge in [-0.15, -0.1) is 5.10 Å². The van der Waals surface area contributed by atoms with Crippen LogP contribution in [0, 0.1) is 13.8 Å². The van der Waals surface area contributed by atoms with Crippen molar-refractivity contribution in [3.8, 4) is 0 Å². The third-order valence-corrected chi connectivity index (χ3v) is 2.98. The van der Waals surface area contributed by atoms with Crippen molar-refractivity contribution in [1.82, 2.24) is 14.6 Å². The minimum Gasteiger partial charge on any atom is -0.219 e. The maximum atomic E-state index is 5.80. The number of hydrogen-bond donors (Lipinski definition) is 0. The zero-order valence-corrected chi connectivity index (χ0v) is 10.1. The lowest BCUT2D eigenvalue weighted by Gasteiger charge is -2.12. The lowest BCUT2D eigenvalue weighted by molar-refractivity contribution is 0.821. The van der Waals surface area contributed by atoms with Crippen LogP contribution in [0.5, 0.6) is 0 Å². The van der Waals surface area contributed by atoms with Crippen LogP contribution in [-0.2, 0) is 0 Å². The second-order valence-corrected chi connectivity index (χ2v) is 4.48. The van der Waals surface area contributed by atoms with E-state index in [-0.39, 0.29) is 0 Å². The summed E-state index contributed by atoms with van der Waals surface area (Å²) in [5, 5.41) is 4.43. The molecule has 80 valence electrons. The molecule has 0 aromatic carbocycles. The molecule has 0 N–H and O–H groups in total. The van der Waals surface area contributed by atoms with Gasteiger partial charge in [0.25, 0.3) is 0 Å². The van der Waals surface area contributed by atoms with Crippen LogP contribution in [0.2, 0.25) is 5.28 Å². The molecule has 2 heterocycles. The molecule has 4 heteroatoms. The maximum absolute atomic E-state index is 5.80. The van der Waals surface area contributed by atoms with E-state index < -0.39 is 0 Å². The first-order valence-electron chi connectivity index (χ1n) is 5.02. The molecule has 3 nitrogen and oxygen atoms in total. The van der Waals surface area contributed by atoms with Crippen LogP contribution in [-0.4, -0.2) is 14.6 Å². The number of halogens is 1. The SMILES string of the molecule is Cc1c(C(C)C)cn2nc(Cl)nc2c1C. The van der Waals surface area contributed by atoms with Crippen molar-refractivity contribution < 1.29 is 0 Å². The molecule has 0 bridgehead atoms. The van der Waals surface area contributed by atoms with Crippen LogP contribution in [0.1, 0.15) is 36.5 Å². The zero-order chi connectivity index (χ0) is 11.2. The first kappa shape index (κ1) is 10.4. The minimum atomic E-state index is 0.304. The number of aromatic nitrogens is 3. The van der Waals surface area contributed by atoms with Crippen molar-refractivity contribution in [2.45, 2.75) is 33.6 Å². The molecular weight excluding hydrogens is 210 g/mol. The number of pyridine rings is 1. The Balaban J connectivity index is 2.81. The van der Waals surface area contributed by atoms with E-state index in [1.165, 1.54) is 11.1 Å². The van der Waals surface area contributed by atoms with Gasteiger partial charge in [0.1, 0.15) is 0 Å². The van der Waals surface area contributed by atoms with Crippen LogP contribution in [0.25, 0.3) is 5.65 Å². The van der Waals surface area contributed by atoms with Gasteiger partial charge in [-0.3, -0.25) is 0 Å². The molecule has 0 atom stereocenters. The summed E-state index contributed by atoms with van der Waals surface area (Å²) in [6.07, 6.45) is 2.02. The molecule has 15 heavy (non-hydrogen) atoms. The van der Waals surface area contributed by atoms with Gasteiger partial charge in [-0.25, -0.2) is 4.52 Å². The summed E-state index contributed by atoms with van der Waals surface area (Å²) in [4.78, 5) is 4.19. The molecule has 0 fully saturated rings. The Hall–Kier alpha value is -1.09. The second kappa shape index (κ2) is 3.49. The molecule has 0 aliphatic rings. The fourth-order valence-electron chi connectivity index (χ4n) is 1.84. The van der Waals surface area contributed by atoms with Crippen molar-refractivity contribution in [1.29, 1.82) is 0 Å². The Kier molecular flexibility index (Phi) is 2.43. The predicted molar refractivity (Wildman–Crippen MR) is 61.6 cm³/mol. The highest BCUT2D eigenvalue weighted by molar-refractivity contribution is 6.28. The molecule has 2 aromatic rings. The van der Waals surface area contributed by atoms with Gasteiger partial charge in [0, 0.05) is 6.20 Å². The topological polar surface area (TPSA) is 30.2 Å². The van der Waals surface area contributed by atoms with E-state index >= 15 is 0 Å². The molecule has 0 radical (unpaired) electrons. The smallest absolute Gasteiger partial charge is 0.219 e. The highest BCUT2D eigenvalue weighted by Crippen LogP contribution is 2.24. The summed E-state index contributed by atoms with van der Waals surface area (Å²) in [6, 6.07) is 0. The molecule has 0 unspecified atom stereocenters. The zero-order valence-electron chi connectivity index (χ0n) is 9.37. The molecule has 0 aliphatic carbocycles. The van der Waals surface area contributed by atoms with Crippen molar-refractivity contribution in [2.24, 2.45) is 0 Å². The lowest BCUT2D eigenvalue weighted by atomic mass is 9.97. The van der Waals surface area contributed by atoms with Gasteiger partial charge in [0.15, 0.2) is 5.65 Å². The Morgan fingerprint density at radius 3 is 2.53 bits per heavy atom. The summed E-state index contributed by atoms with van der Waals surface area (Å²) in [6.45, 7) is 8.52. The average molecular weight is 224 g/mol. The monoisotopic (exact) mass is 223 g/mol. The fourth-order valence-corrected chi connectivity index (χ4v) is 2.00. The predicted octanol–water partition coefficient (Wildman–Crippen LogP) is 3.12. The van der Waals surface area contributed by atoms with E-state index in [2.05, 4.69) is 37.8 Å². The van der Waals surface area contributed by atoms with Gasteiger partial charge in [0.2, 0.25) is 5.28 Å². The maximum Gasteiger partial charge on any atom is 0.243 e. The summed E-state index contributed by atoms with van der Waals surface area (Å²) in [7, 11) is 0. The normalized spacial score (nSPS) is 11.6. The van der Waals surface area contributed by atoms with Crippen LogP contribution in [0.4, 0.5) is 0 Å². The van der Waals surface area contributed by atoms with Crippen LogP contribution in [0.3, 0.4) is 0 Å². The third kappa shape index (κ3) is 1.61. The highest BCUT2D eigenvalue weighted by atomic mass is 35.5.